The summed E-state index contributed by atoms with van der Waals surface area (Å²) in [4.78, 5) is 3.98. The van der Waals surface area contributed by atoms with E-state index in [1.54, 1.807) is 13.2 Å². The topological polar surface area (TPSA) is 72.1 Å². The maximum atomic E-state index is 6.20. The first-order valence-corrected chi connectivity index (χ1v) is 6.20. The van der Waals surface area contributed by atoms with Crippen molar-refractivity contribution in [2.45, 2.75) is 13.5 Å². The Morgan fingerprint density at radius 1 is 1.37 bits per heavy atom. The van der Waals surface area contributed by atoms with Crippen molar-refractivity contribution in [2.24, 2.45) is 0 Å². The van der Waals surface area contributed by atoms with Gasteiger partial charge in [-0.1, -0.05) is 11.6 Å². The third kappa shape index (κ3) is 3.29. The summed E-state index contributed by atoms with van der Waals surface area (Å²) in [5, 5.41) is 10.2. The van der Waals surface area contributed by atoms with Crippen molar-refractivity contribution in [2.75, 3.05) is 19.0 Å². The summed E-state index contributed by atoms with van der Waals surface area (Å²) in [7, 11) is 1.58. The summed E-state index contributed by atoms with van der Waals surface area (Å²) in [6, 6.07) is 3.60. The molecule has 1 aromatic carbocycles. The van der Waals surface area contributed by atoms with Crippen molar-refractivity contribution in [3.05, 3.63) is 29.0 Å². The highest BCUT2D eigenvalue weighted by atomic mass is 35.5. The molecule has 0 aliphatic rings. The van der Waals surface area contributed by atoms with E-state index in [4.69, 9.17) is 21.1 Å². The van der Waals surface area contributed by atoms with Gasteiger partial charge in [-0.3, -0.25) is 0 Å². The number of nitrogens with zero attached hydrogens (tertiary/aromatic N) is 2. The smallest absolute Gasteiger partial charge is 0.218 e. The summed E-state index contributed by atoms with van der Waals surface area (Å²) in [6.07, 6.45) is 1.43. The highest BCUT2D eigenvalue weighted by Gasteiger charge is 2.10. The van der Waals surface area contributed by atoms with Crippen LogP contribution in [0.2, 0.25) is 5.02 Å². The molecule has 0 atom stereocenters. The summed E-state index contributed by atoms with van der Waals surface area (Å²) < 4.78 is 10.7. The van der Waals surface area contributed by atoms with Crippen LogP contribution < -0.4 is 14.8 Å². The number of aromatic nitrogens is 3. The Hall–Kier alpha value is -1.95. The lowest BCUT2D eigenvalue weighted by Crippen LogP contribution is -2.03. The van der Waals surface area contributed by atoms with E-state index in [-0.39, 0.29) is 0 Å². The lowest BCUT2D eigenvalue weighted by Gasteiger charge is -2.13. The van der Waals surface area contributed by atoms with Crippen LogP contribution in [0.1, 0.15) is 12.5 Å². The number of benzene rings is 1. The molecular weight excluding hydrogens is 268 g/mol. The number of hydrogen-bond donors (Lipinski definition) is 2. The van der Waals surface area contributed by atoms with Crippen LogP contribution in [0.15, 0.2) is 18.5 Å². The Morgan fingerprint density at radius 2 is 2.21 bits per heavy atom. The number of ether oxygens (including phenoxy) is 2. The molecule has 2 rings (SSSR count). The number of rotatable bonds is 6. The molecule has 0 spiro atoms. The van der Waals surface area contributed by atoms with Gasteiger partial charge in [0, 0.05) is 17.6 Å². The Labute approximate surface area is 116 Å². The van der Waals surface area contributed by atoms with Gasteiger partial charge in [0.1, 0.15) is 6.33 Å². The van der Waals surface area contributed by atoms with Crippen molar-refractivity contribution in [1.29, 1.82) is 0 Å². The maximum absolute atomic E-state index is 6.20. The minimum atomic E-state index is 0.512. The Bertz CT molecular complexity index is 531. The van der Waals surface area contributed by atoms with Gasteiger partial charge < -0.3 is 14.8 Å². The van der Waals surface area contributed by atoms with Gasteiger partial charge in [-0.2, -0.15) is 5.10 Å². The molecule has 6 nitrogen and oxygen atoms in total. The van der Waals surface area contributed by atoms with Crippen LogP contribution >= 0.6 is 11.6 Å². The quantitative estimate of drug-likeness (QED) is 0.851. The lowest BCUT2D eigenvalue weighted by atomic mass is 10.2. The van der Waals surface area contributed by atoms with Gasteiger partial charge in [0.2, 0.25) is 5.95 Å². The van der Waals surface area contributed by atoms with E-state index >= 15 is 0 Å². The van der Waals surface area contributed by atoms with Crippen molar-refractivity contribution < 1.29 is 9.47 Å². The number of hydrogen-bond acceptors (Lipinski definition) is 5. The molecule has 0 unspecified atom stereocenters. The van der Waals surface area contributed by atoms with Crippen molar-refractivity contribution in [3.63, 3.8) is 0 Å². The molecule has 0 saturated carbocycles. The number of methoxy groups -OCH3 is 1. The van der Waals surface area contributed by atoms with Crippen LogP contribution in [-0.2, 0) is 6.54 Å². The normalized spacial score (nSPS) is 10.3. The molecular formula is C12H15ClN4O2. The number of aromatic amines is 1. The average molecular weight is 283 g/mol. The molecule has 0 bridgehead atoms. The molecule has 0 aliphatic carbocycles. The summed E-state index contributed by atoms with van der Waals surface area (Å²) in [6.45, 7) is 2.99. The molecule has 1 heterocycles. The van der Waals surface area contributed by atoms with Crippen LogP contribution in [0.3, 0.4) is 0 Å². The second-order valence-corrected chi connectivity index (χ2v) is 4.12. The Morgan fingerprint density at radius 3 is 2.84 bits per heavy atom. The number of anilines is 1. The number of halogens is 1. The van der Waals surface area contributed by atoms with E-state index in [1.807, 2.05) is 13.0 Å². The third-order valence-corrected chi connectivity index (χ3v) is 2.85. The predicted octanol–water partition coefficient (Wildman–Crippen LogP) is 2.48. The van der Waals surface area contributed by atoms with Gasteiger partial charge in [-0.15, -0.1) is 0 Å². The third-order valence-electron chi connectivity index (χ3n) is 2.49. The van der Waals surface area contributed by atoms with E-state index < -0.39 is 0 Å². The fraction of sp³-hybridized carbons (Fsp3) is 0.333. The largest absolute Gasteiger partial charge is 0.493 e. The zero-order valence-corrected chi connectivity index (χ0v) is 11.5. The van der Waals surface area contributed by atoms with Gasteiger partial charge in [0.05, 0.1) is 13.7 Å². The monoisotopic (exact) mass is 282 g/mol. The molecule has 2 N–H and O–H groups in total. The minimum absolute atomic E-state index is 0.512. The first kappa shape index (κ1) is 13.5. The van der Waals surface area contributed by atoms with Crippen LogP contribution in [0, 0.1) is 0 Å². The SMILES string of the molecule is CCOc1cc(CNc2ncn[nH]2)c(Cl)cc1OC. The van der Waals surface area contributed by atoms with Crippen LogP contribution in [-0.4, -0.2) is 28.9 Å². The zero-order chi connectivity index (χ0) is 13.7. The first-order chi connectivity index (χ1) is 9.24. The zero-order valence-electron chi connectivity index (χ0n) is 10.7. The molecule has 0 amide bonds. The van der Waals surface area contributed by atoms with Crippen LogP contribution in [0.25, 0.3) is 0 Å². The molecule has 2 aromatic rings. The van der Waals surface area contributed by atoms with Gasteiger partial charge >= 0.3 is 0 Å². The predicted molar refractivity (Wildman–Crippen MR) is 72.9 cm³/mol. The van der Waals surface area contributed by atoms with E-state index in [0.717, 1.165) is 5.56 Å². The Balaban J connectivity index is 2.17. The minimum Gasteiger partial charge on any atom is -0.493 e. The maximum Gasteiger partial charge on any atom is 0.218 e. The highest BCUT2D eigenvalue weighted by Crippen LogP contribution is 2.33. The summed E-state index contributed by atoms with van der Waals surface area (Å²) in [5.41, 5.74) is 0.891. The number of nitrogens with one attached hydrogen (secondary N) is 2. The molecule has 0 radical (unpaired) electrons. The fourth-order valence-corrected chi connectivity index (χ4v) is 1.83. The fourth-order valence-electron chi connectivity index (χ4n) is 1.61. The molecule has 0 fully saturated rings. The molecule has 7 heteroatoms. The van der Waals surface area contributed by atoms with E-state index in [2.05, 4.69) is 20.5 Å². The molecule has 19 heavy (non-hydrogen) atoms. The van der Waals surface area contributed by atoms with Gasteiger partial charge in [-0.25, -0.2) is 10.1 Å². The average Bonchev–Trinajstić information content (AvgIpc) is 2.92. The molecule has 1 aromatic heterocycles. The first-order valence-electron chi connectivity index (χ1n) is 5.83. The number of H-pyrrole nitrogens is 1. The van der Waals surface area contributed by atoms with Crippen LogP contribution in [0.4, 0.5) is 5.95 Å². The summed E-state index contributed by atoms with van der Waals surface area (Å²) >= 11 is 6.20. The highest BCUT2D eigenvalue weighted by molar-refractivity contribution is 6.31. The second-order valence-electron chi connectivity index (χ2n) is 3.72. The van der Waals surface area contributed by atoms with Crippen molar-refractivity contribution in [1.82, 2.24) is 15.2 Å². The van der Waals surface area contributed by atoms with Crippen LogP contribution in [0.5, 0.6) is 11.5 Å². The molecule has 0 saturated heterocycles. The Kier molecular flexibility index (Phi) is 4.46. The van der Waals surface area contributed by atoms with Gasteiger partial charge in [-0.05, 0) is 18.6 Å². The molecule has 102 valence electrons. The standard InChI is InChI=1S/C12H15ClN4O2/c1-3-19-11-4-8(9(13)5-10(11)18-2)6-14-12-15-7-16-17-12/h4-5,7H,3,6H2,1-2H3,(H2,14,15,16,17). The second kappa shape index (κ2) is 6.29. The van der Waals surface area contributed by atoms with E-state index in [1.165, 1.54) is 6.33 Å². The van der Waals surface area contributed by atoms with E-state index in [0.29, 0.717) is 35.6 Å². The van der Waals surface area contributed by atoms with Gasteiger partial charge in [0.25, 0.3) is 0 Å². The van der Waals surface area contributed by atoms with Crippen molar-refractivity contribution in [3.8, 4) is 11.5 Å². The molecule has 0 aliphatic heterocycles. The lowest BCUT2D eigenvalue weighted by molar-refractivity contribution is 0.310. The summed E-state index contributed by atoms with van der Waals surface area (Å²) in [5.74, 6) is 1.88. The van der Waals surface area contributed by atoms with E-state index in [9.17, 15) is 0 Å². The van der Waals surface area contributed by atoms with Gasteiger partial charge in [0.15, 0.2) is 11.5 Å². The van der Waals surface area contributed by atoms with Crippen molar-refractivity contribution >= 4 is 17.5 Å².